The number of carbonyl (C=O) groups excluding carboxylic acids is 1. The summed E-state index contributed by atoms with van der Waals surface area (Å²) < 4.78 is 0. The highest BCUT2D eigenvalue weighted by Gasteiger charge is 2.39. The molecular formula is C17H23N3OS. The van der Waals surface area contributed by atoms with Crippen LogP contribution in [0.5, 0.6) is 0 Å². The normalized spacial score (nSPS) is 32.3. The summed E-state index contributed by atoms with van der Waals surface area (Å²) in [6, 6.07) is 8.57. The van der Waals surface area contributed by atoms with E-state index in [0.29, 0.717) is 11.7 Å². The average Bonchev–Trinajstić information content (AvgIpc) is 2.91. The van der Waals surface area contributed by atoms with Gasteiger partial charge in [0.2, 0.25) is 5.91 Å². The van der Waals surface area contributed by atoms with Crippen molar-refractivity contribution in [2.45, 2.75) is 43.8 Å². The minimum atomic E-state index is -0.445. The summed E-state index contributed by atoms with van der Waals surface area (Å²) in [4.78, 5) is 15.1. The van der Waals surface area contributed by atoms with Crippen LogP contribution in [0.4, 0.5) is 0 Å². The molecule has 22 heavy (non-hydrogen) atoms. The smallest absolute Gasteiger partial charge is 0.226 e. The Hall–Kier alpha value is -1.30. The Morgan fingerprint density at radius 2 is 2.23 bits per heavy atom. The second-order valence-electron chi connectivity index (χ2n) is 6.39. The summed E-state index contributed by atoms with van der Waals surface area (Å²) in [5.74, 6) is 0.0758. The van der Waals surface area contributed by atoms with Crippen molar-refractivity contribution < 1.29 is 4.79 Å². The Morgan fingerprint density at radius 1 is 1.45 bits per heavy atom. The highest BCUT2D eigenvalue weighted by molar-refractivity contribution is 8.03. The summed E-state index contributed by atoms with van der Waals surface area (Å²) in [6.45, 7) is 4.22. The fourth-order valence-electron chi connectivity index (χ4n) is 3.12. The number of hydrogen-bond acceptors (Lipinski definition) is 4. The second-order valence-corrected chi connectivity index (χ2v) is 7.83. The molecule has 2 aliphatic rings. The summed E-state index contributed by atoms with van der Waals surface area (Å²) in [5, 5.41) is 3.86. The molecule has 0 aliphatic carbocycles. The van der Waals surface area contributed by atoms with Gasteiger partial charge >= 0.3 is 0 Å². The Balaban J connectivity index is 1.87. The Bertz CT molecular complexity index is 630. The van der Waals surface area contributed by atoms with E-state index in [9.17, 15) is 4.79 Å². The molecule has 3 unspecified atom stereocenters. The third-order valence-electron chi connectivity index (χ3n) is 4.62. The van der Waals surface area contributed by atoms with Crippen LogP contribution in [0.3, 0.4) is 0 Å². The summed E-state index contributed by atoms with van der Waals surface area (Å²) in [5.41, 5.74) is 8.08. The predicted octanol–water partition coefficient (Wildman–Crippen LogP) is 2.68. The molecular weight excluding hydrogens is 294 g/mol. The zero-order valence-corrected chi connectivity index (χ0v) is 14.1. The zero-order chi connectivity index (χ0) is 15.9. The SMILES string of the molecule is CC1=CCC(c2cccc(C3(C)CC(=O)N(C)C(N)N3)c2)S1. The van der Waals surface area contributed by atoms with Gasteiger partial charge in [0.05, 0.1) is 5.54 Å². The van der Waals surface area contributed by atoms with E-state index in [1.807, 2.05) is 11.8 Å². The molecule has 0 bridgehead atoms. The van der Waals surface area contributed by atoms with Crippen LogP contribution in [0, 0.1) is 0 Å². The molecule has 5 heteroatoms. The summed E-state index contributed by atoms with van der Waals surface area (Å²) in [7, 11) is 1.74. The molecule has 1 saturated heterocycles. The first-order valence-corrected chi connectivity index (χ1v) is 8.50. The number of amides is 1. The van der Waals surface area contributed by atoms with E-state index in [2.05, 4.69) is 49.5 Å². The fraction of sp³-hybridized carbons (Fsp3) is 0.471. The van der Waals surface area contributed by atoms with Crippen molar-refractivity contribution in [2.24, 2.45) is 5.73 Å². The largest absolute Gasteiger partial charge is 0.317 e. The molecule has 2 heterocycles. The van der Waals surface area contributed by atoms with Crippen LogP contribution in [0.1, 0.15) is 43.1 Å². The van der Waals surface area contributed by atoms with Crippen molar-refractivity contribution in [1.82, 2.24) is 10.2 Å². The Kier molecular flexibility index (Phi) is 4.05. The number of carbonyl (C=O) groups is 1. The number of nitrogens with one attached hydrogen (secondary N) is 1. The lowest BCUT2D eigenvalue weighted by Crippen LogP contribution is -2.64. The van der Waals surface area contributed by atoms with E-state index in [1.165, 1.54) is 10.5 Å². The zero-order valence-electron chi connectivity index (χ0n) is 13.3. The van der Waals surface area contributed by atoms with E-state index < -0.39 is 11.8 Å². The molecule has 1 amide bonds. The number of nitrogens with zero attached hydrogens (tertiary/aromatic N) is 1. The Labute approximate surface area is 136 Å². The highest BCUT2D eigenvalue weighted by atomic mass is 32.2. The van der Waals surface area contributed by atoms with E-state index in [4.69, 9.17) is 5.73 Å². The molecule has 1 fully saturated rings. The standard InChI is InChI=1S/C17H23N3OS/c1-11-7-8-14(22-11)12-5-4-6-13(9-12)17(2)10-15(21)20(3)16(18)19-17/h4-7,9,14,16,19H,8,10,18H2,1-3H3. The van der Waals surface area contributed by atoms with Crippen LogP contribution < -0.4 is 11.1 Å². The topological polar surface area (TPSA) is 58.4 Å². The summed E-state index contributed by atoms with van der Waals surface area (Å²) >= 11 is 1.92. The number of nitrogens with two attached hydrogens (primary N) is 1. The molecule has 0 saturated carbocycles. The van der Waals surface area contributed by atoms with Crippen molar-refractivity contribution in [3.63, 3.8) is 0 Å². The van der Waals surface area contributed by atoms with Crippen molar-refractivity contribution in [3.05, 3.63) is 46.4 Å². The van der Waals surface area contributed by atoms with Crippen molar-refractivity contribution in [3.8, 4) is 0 Å². The first-order valence-electron chi connectivity index (χ1n) is 7.62. The van der Waals surface area contributed by atoms with Crippen LogP contribution in [0.15, 0.2) is 35.2 Å². The molecule has 3 N–H and O–H groups in total. The van der Waals surface area contributed by atoms with Gasteiger partial charge in [0.15, 0.2) is 0 Å². The molecule has 2 aliphatic heterocycles. The minimum absolute atomic E-state index is 0.0758. The molecule has 0 spiro atoms. The molecule has 3 rings (SSSR count). The van der Waals surface area contributed by atoms with Gasteiger partial charge in [0, 0.05) is 18.7 Å². The maximum absolute atomic E-state index is 12.2. The van der Waals surface area contributed by atoms with Gasteiger partial charge in [-0.2, -0.15) is 0 Å². The number of benzene rings is 1. The fourth-order valence-corrected chi connectivity index (χ4v) is 4.24. The quantitative estimate of drug-likeness (QED) is 0.880. The number of thioether (sulfide) groups is 1. The van der Waals surface area contributed by atoms with Gasteiger partial charge in [-0.1, -0.05) is 30.3 Å². The third-order valence-corrected chi connectivity index (χ3v) is 5.91. The number of hydrogen-bond donors (Lipinski definition) is 2. The molecule has 1 aromatic carbocycles. The van der Waals surface area contributed by atoms with E-state index in [-0.39, 0.29) is 5.91 Å². The van der Waals surface area contributed by atoms with E-state index >= 15 is 0 Å². The van der Waals surface area contributed by atoms with Gasteiger partial charge in [0.25, 0.3) is 0 Å². The lowest BCUT2D eigenvalue weighted by atomic mass is 9.85. The van der Waals surface area contributed by atoms with Gasteiger partial charge in [-0.05, 0) is 36.3 Å². The lowest BCUT2D eigenvalue weighted by Gasteiger charge is -2.43. The van der Waals surface area contributed by atoms with Gasteiger partial charge in [-0.25, -0.2) is 0 Å². The molecule has 0 aromatic heterocycles. The monoisotopic (exact) mass is 317 g/mol. The number of allylic oxidation sites excluding steroid dienone is 2. The van der Waals surface area contributed by atoms with Crippen LogP contribution in [0.2, 0.25) is 0 Å². The van der Waals surface area contributed by atoms with E-state index in [1.54, 1.807) is 11.9 Å². The van der Waals surface area contributed by atoms with Crippen LogP contribution in [-0.2, 0) is 10.3 Å². The van der Waals surface area contributed by atoms with Crippen molar-refractivity contribution in [1.29, 1.82) is 0 Å². The van der Waals surface area contributed by atoms with Crippen LogP contribution in [0.25, 0.3) is 0 Å². The van der Waals surface area contributed by atoms with Crippen molar-refractivity contribution >= 4 is 17.7 Å². The molecule has 1 aromatic rings. The average molecular weight is 317 g/mol. The van der Waals surface area contributed by atoms with Gasteiger partial charge in [0.1, 0.15) is 6.29 Å². The highest BCUT2D eigenvalue weighted by Crippen LogP contribution is 2.44. The number of rotatable bonds is 2. The van der Waals surface area contributed by atoms with Crippen LogP contribution >= 0.6 is 11.8 Å². The maximum Gasteiger partial charge on any atom is 0.226 e. The van der Waals surface area contributed by atoms with Gasteiger partial charge < -0.3 is 4.90 Å². The molecule has 118 valence electrons. The Morgan fingerprint density at radius 3 is 2.86 bits per heavy atom. The first-order chi connectivity index (χ1) is 10.4. The predicted molar refractivity (Wildman–Crippen MR) is 91.0 cm³/mol. The summed E-state index contributed by atoms with van der Waals surface area (Å²) in [6.07, 6.45) is 3.34. The molecule has 0 radical (unpaired) electrons. The van der Waals surface area contributed by atoms with Gasteiger partial charge in [-0.15, -0.1) is 11.8 Å². The maximum atomic E-state index is 12.2. The second kappa shape index (κ2) is 5.72. The van der Waals surface area contributed by atoms with E-state index in [0.717, 1.165) is 12.0 Å². The lowest BCUT2D eigenvalue weighted by molar-refractivity contribution is -0.139. The van der Waals surface area contributed by atoms with Crippen molar-refractivity contribution in [2.75, 3.05) is 7.05 Å². The minimum Gasteiger partial charge on any atom is -0.317 e. The third kappa shape index (κ3) is 2.81. The first kappa shape index (κ1) is 15.6. The van der Waals surface area contributed by atoms with Gasteiger partial charge in [-0.3, -0.25) is 15.8 Å². The van der Waals surface area contributed by atoms with Crippen LogP contribution in [-0.4, -0.2) is 24.1 Å². The molecule has 4 nitrogen and oxygen atoms in total. The molecule has 3 atom stereocenters.